The molecule has 2 atom stereocenters. The standard InChI is InChI=1S/C12H13N9O5S/c1-4-7(10(25)21(4)12-16-19-20-17-12)15-9(24)8(18-26-2-6(22)23)5-3-27-11(13)14-5/h3-4,7H,2H2,1H3,(H2,13,14)(H,15,24)(H,22,23)(H,16,17,19,20). The SMILES string of the molecule is CC1C(NC(=O)C(=NOCC(=O)O)c2csc(N)n2)C(=O)N1c1nnn[nH]1. The van der Waals surface area contributed by atoms with Gasteiger partial charge < -0.3 is 21.0 Å². The summed E-state index contributed by atoms with van der Waals surface area (Å²) in [4.78, 5) is 45.2. The van der Waals surface area contributed by atoms with Gasteiger partial charge in [0, 0.05) is 5.38 Å². The van der Waals surface area contributed by atoms with Gasteiger partial charge in [-0.2, -0.15) is 0 Å². The fourth-order valence-corrected chi connectivity index (χ4v) is 2.87. The zero-order chi connectivity index (χ0) is 19.6. The summed E-state index contributed by atoms with van der Waals surface area (Å²) in [5.41, 5.74) is 5.34. The highest BCUT2D eigenvalue weighted by Crippen LogP contribution is 2.24. The van der Waals surface area contributed by atoms with Crippen molar-refractivity contribution in [3.63, 3.8) is 0 Å². The number of H-pyrrole nitrogens is 1. The smallest absolute Gasteiger partial charge is 0.344 e. The normalized spacial score (nSPS) is 19.5. The van der Waals surface area contributed by atoms with E-state index in [9.17, 15) is 14.4 Å². The monoisotopic (exact) mass is 395 g/mol. The molecule has 5 N–H and O–H groups in total. The average molecular weight is 395 g/mol. The second-order valence-electron chi connectivity index (χ2n) is 5.30. The minimum Gasteiger partial charge on any atom is -0.479 e. The molecule has 1 aliphatic rings. The van der Waals surface area contributed by atoms with E-state index in [1.165, 1.54) is 10.3 Å². The molecule has 2 unspecified atom stereocenters. The number of carbonyl (C=O) groups is 3. The van der Waals surface area contributed by atoms with Crippen molar-refractivity contribution >= 4 is 45.9 Å². The Kier molecular flexibility index (Phi) is 4.93. The van der Waals surface area contributed by atoms with Gasteiger partial charge in [-0.15, -0.1) is 11.3 Å². The van der Waals surface area contributed by atoms with E-state index in [0.29, 0.717) is 0 Å². The number of thiazole rings is 1. The van der Waals surface area contributed by atoms with Crippen LogP contribution >= 0.6 is 11.3 Å². The number of anilines is 2. The molecule has 1 saturated heterocycles. The first-order chi connectivity index (χ1) is 12.9. The predicted molar refractivity (Wildman–Crippen MR) is 89.7 cm³/mol. The van der Waals surface area contributed by atoms with Gasteiger partial charge >= 0.3 is 5.97 Å². The maximum Gasteiger partial charge on any atom is 0.344 e. The Labute approximate surface area is 154 Å². The fourth-order valence-electron chi connectivity index (χ4n) is 2.32. The van der Waals surface area contributed by atoms with Gasteiger partial charge in [0.15, 0.2) is 10.8 Å². The lowest BCUT2D eigenvalue weighted by molar-refractivity contribution is -0.142. The van der Waals surface area contributed by atoms with Gasteiger partial charge in [-0.25, -0.2) is 14.9 Å². The number of tetrazole rings is 1. The zero-order valence-corrected chi connectivity index (χ0v) is 14.5. The van der Waals surface area contributed by atoms with E-state index < -0.39 is 36.5 Å². The van der Waals surface area contributed by atoms with Crippen molar-refractivity contribution in [2.45, 2.75) is 19.0 Å². The van der Waals surface area contributed by atoms with Crippen molar-refractivity contribution < 1.29 is 24.3 Å². The quantitative estimate of drug-likeness (QED) is 0.230. The third-order valence-electron chi connectivity index (χ3n) is 3.57. The number of rotatable bonds is 7. The lowest BCUT2D eigenvalue weighted by Gasteiger charge is -2.43. The van der Waals surface area contributed by atoms with Crippen LogP contribution in [0.5, 0.6) is 0 Å². The molecule has 3 rings (SSSR count). The van der Waals surface area contributed by atoms with Crippen molar-refractivity contribution in [3.05, 3.63) is 11.1 Å². The van der Waals surface area contributed by atoms with Gasteiger partial charge in [0.2, 0.25) is 12.6 Å². The van der Waals surface area contributed by atoms with Gasteiger partial charge in [-0.1, -0.05) is 10.3 Å². The maximum atomic E-state index is 12.6. The number of carbonyl (C=O) groups excluding carboxylic acids is 2. The van der Waals surface area contributed by atoms with Crippen LogP contribution in [0.3, 0.4) is 0 Å². The minimum atomic E-state index is -1.27. The lowest BCUT2D eigenvalue weighted by Crippen LogP contribution is -2.70. The number of hydrogen-bond donors (Lipinski definition) is 4. The molecule has 2 aromatic rings. The van der Waals surface area contributed by atoms with E-state index in [-0.39, 0.29) is 22.5 Å². The molecule has 0 aromatic carbocycles. The highest BCUT2D eigenvalue weighted by Gasteiger charge is 2.48. The lowest BCUT2D eigenvalue weighted by atomic mass is 9.97. The number of aromatic nitrogens is 5. The summed E-state index contributed by atoms with van der Waals surface area (Å²) in [5.74, 6) is -2.32. The molecule has 142 valence electrons. The number of β-lactam (4-membered cyclic amide) rings is 1. The van der Waals surface area contributed by atoms with Crippen molar-refractivity contribution in [1.29, 1.82) is 0 Å². The van der Waals surface area contributed by atoms with Crippen LogP contribution in [0.15, 0.2) is 10.5 Å². The molecule has 1 fully saturated rings. The summed E-state index contributed by atoms with van der Waals surface area (Å²) >= 11 is 1.06. The van der Waals surface area contributed by atoms with Crippen LogP contribution < -0.4 is 16.0 Å². The molecule has 15 heteroatoms. The fraction of sp³-hybridized carbons (Fsp3) is 0.333. The van der Waals surface area contributed by atoms with Gasteiger partial charge in [-0.3, -0.25) is 14.5 Å². The molecule has 0 radical (unpaired) electrons. The molecule has 27 heavy (non-hydrogen) atoms. The van der Waals surface area contributed by atoms with Crippen LogP contribution in [0.25, 0.3) is 0 Å². The second-order valence-corrected chi connectivity index (χ2v) is 6.19. The Hall–Kier alpha value is -3.62. The third kappa shape index (κ3) is 3.66. The molecule has 0 spiro atoms. The molecule has 2 amide bonds. The number of nitrogen functional groups attached to an aromatic ring is 1. The van der Waals surface area contributed by atoms with E-state index in [1.807, 2.05) is 0 Å². The van der Waals surface area contributed by atoms with Crippen LogP contribution in [0.2, 0.25) is 0 Å². The Morgan fingerprint density at radius 1 is 1.56 bits per heavy atom. The molecule has 14 nitrogen and oxygen atoms in total. The van der Waals surface area contributed by atoms with Crippen LogP contribution in [0.4, 0.5) is 11.1 Å². The van der Waals surface area contributed by atoms with E-state index in [2.05, 4.69) is 40.9 Å². The van der Waals surface area contributed by atoms with Gasteiger partial charge in [-0.05, 0) is 17.4 Å². The number of nitrogens with two attached hydrogens (primary N) is 1. The Morgan fingerprint density at radius 3 is 2.89 bits per heavy atom. The summed E-state index contributed by atoms with van der Waals surface area (Å²) in [7, 11) is 0. The van der Waals surface area contributed by atoms with Gasteiger partial charge in [0.05, 0.1) is 6.04 Å². The van der Waals surface area contributed by atoms with E-state index in [4.69, 9.17) is 10.8 Å². The molecular weight excluding hydrogens is 382 g/mol. The van der Waals surface area contributed by atoms with Crippen molar-refractivity contribution in [2.75, 3.05) is 17.2 Å². The number of carboxylic acid groups (broad SMARTS) is 1. The van der Waals surface area contributed by atoms with Crippen molar-refractivity contribution in [3.8, 4) is 0 Å². The molecule has 0 bridgehead atoms. The highest BCUT2D eigenvalue weighted by molar-refractivity contribution is 7.13. The van der Waals surface area contributed by atoms with Crippen molar-refractivity contribution in [2.24, 2.45) is 5.16 Å². The van der Waals surface area contributed by atoms with E-state index in [0.717, 1.165) is 11.3 Å². The number of nitrogens with zero attached hydrogens (tertiary/aromatic N) is 6. The number of nitrogens with one attached hydrogen (secondary N) is 2. The first-order valence-corrected chi connectivity index (χ1v) is 8.27. The molecule has 2 aromatic heterocycles. The summed E-state index contributed by atoms with van der Waals surface area (Å²) in [6, 6.07) is -1.29. The second kappa shape index (κ2) is 7.32. The van der Waals surface area contributed by atoms with Crippen LogP contribution in [0, 0.1) is 0 Å². The Balaban J connectivity index is 1.73. The molecule has 3 heterocycles. The number of oxime groups is 1. The number of aromatic amines is 1. The van der Waals surface area contributed by atoms with Crippen LogP contribution in [-0.4, -0.2) is 72.9 Å². The zero-order valence-electron chi connectivity index (χ0n) is 13.7. The van der Waals surface area contributed by atoms with E-state index >= 15 is 0 Å². The highest BCUT2D eigenvalue weighted by atomic mass is 32.1. The minimum absolute atomic E-state index is 0.0936. The van der Waals surface area contributed by atoms with Crippen molar-refractivity contribution in [1.82, 2.24) is 30.9 Å². The third-order valence-corrected chi connectivity index (χ3v) is 4.24. The van der Waals surface area contributed by atoms with Gasteiger partial charge in [0.1, 0.15) is 11.7 Å². The maximum absolute atomic E-state index is 12.6. The summed E-state index contributed by atoms with van der Waals surface area (Å²) in [6.45, 7) is 0.939. The number of carboxylic acids is 1. The number of amides is 2. The molecule has 0 saturated carbocycles. The average Bonchev–Trinajstić information content (AvgIpc) is 3.28. The first-order valence-electron chi connectivity index (χ1n) is 7.39. The van der Waals surface area contributed by atoms with Crippen LogP contribution in [-0.2, 0) is 19.2 Å². The summed E-state index contributed by atoms with van der Waals surface area (Å²) < 4.78 is 0. The number of aliphatic carboxylic acids is 1. The largest absolute Gasteiger partial charge is 0.479 e. The van der Waals surface area contributed by atoms with Crippen LogP contribution in [0.1, 0.15) is 12.6 Å². The number of hydrogen-bond acceptors (Lipinski definition) is 11. The topological polar surface area (TPSA) is 202 Å². The summed E-state index contributed by atoms with van der Waals surface area (Å²) in [6.07, 6.45) is 0. The Bertz CT molecular complexity index is 895. The summed E-state index contributed by atoms with van der Waals surface area (Å²) in [5, 5.41) is 29.2. The predicted octanol–water partition coefficient (Wildman–Crippen LogP) is -2.04. The van der Waals surface area contributed by atoms with Gasteiger partial charge in [0.25, 0.3) is 11.8 Å². The Morgan fingerprint density at radius 2 is 2.33 bits per heavy atom. The molecule has 0 aliphatic carbocycles. The first kappa shape index (κ1) is 18.2. The molecular formula is C12H13N9O5S. The molecule has 1 aliphatic heterocycles. The van der Waals surface area contributed by atoms with E-state index in [1.54, 1.807) is 6.92 Å².